The van der Waals surface area contributed by atoms with Crippen molar-refractivity contribution < 1.29 is 28.0 Å². The molecule has 3 heterocycles. The van der Waals surface area contributed by atoms with Gasteiger partial charge in [-0.1, -0.05) is 29.4 Å². The van der Waals surface area contributed by atoms with Crippen LogP contribution in [0.15, 0.2) is 65.4 Å². The number of aromatic nitrogens is 4. The molecule has 0 aliphatic heterocycles. The van der Waals surface area contributed by atoms with E-state index in [1.165, 1.54) is 10.1 Å². The average molecular weight is 471 g/mol. The number of phosphoric acid groups is 1. The predicted molar refractivity (Wildman–Crippen MR) is 118 cm³/mol. The van der Waals surface area contributed by atoms with Crippen LogP contribution in [0.5, 0.6) is 0 Å². The zero-order valence-corrected chi connectivity index (χ0v) is 18.5. The molecule has 0 amide bonds. The van der Waals surface area contributed by atoms with E-state index >= 15 is 0 Å². The summed E-state index contributed by atoms with van der Waals surface area (Å²) in [4.78, 5) is 17.8. The van der Waals surface area contributed by atoms with Crippen molar-refractivity contribution in [3.05, 3.63) is 83.4 Å². The summed E-state index contributed by atoms with van der Waals surface area (Å²) in [6.07, 6.45) is 3.86. The van der Waals surface area contributed by atoms with E-state index in [1.807, 2.05) is 18.2 Å². The number of nitrogens with one attached hydrogen (secondary N) is 2. The minimum Gasteiger partial charge on any atom is -0.356 e. The number of H-pyrrole nitrogens is 1. The predicted octanol–water partition coefficient (Wildman–Crippen LogP) is 1.88. The first-order chi connectivity index (χ1) is 15.9. The van der Waals surface area contributed by atoms with Gasteiger partial charge in [0.05, 0.1) is 11.9 Å². The number of rotatable bonds is 10. The number of nitrogens with two attached hydrogens (primary N) is 1. The van der Waals surface area contributed by atoms with Crippen LogP contribution < -0.4 is 15.6 Å². The number of nitrogen functional groups attached to an aromatic ring is 1. The lowest BCUT2D eigenvalue weighted by Gasteiger charge is -2.07. The highest BCUT2D eigenvalue weighted by molar-refractivity contribution is 7.46. The highest BCUT2D eigenvalue weighted by atomic mass is 31.2. The molecule has 0 bridgehead atoms. The third-order valence-corrected chi connectivity index (χ3v) is 5.37. The van der Waals surface area contributed by atoms with Gasteiger partial charge in [0.1, 0.15) is 5.56 Å². The maximum atomic E-state index is 11.0. The van der Waals surface area contributed by atoms with Crippen molar-refractivity contribution >= 4 is 13.6 Å². The number of pyridine rings is 1. The first kappa shape index (κ1) is 22.8. The molecule has 0 saturated heterocycles. The van der Waals surface area contributed by atoms with Crippen LogP contribution >= 0.6 is 7.82 Å². The fraction of sp³-hybridized carbons (Fsp3) is 0.190. The Labute approximate surface area is 189 Å². The molecule has 4 aromatic rings. The third-order valence-electron chi connectivity index (χ3n) is 4.91. The van der Waals surface area contributed by atoms with Gasteiger partial charge in [0, 0.05) is 37.5 Å². The largest absolute Gasteiger partial charge is 0.472 e. The Morgan fingerprint density at radius 2 is 1.94 bits per heavy atom. The summed E-state index contributed by atoms with van der Waals surface area (Å²) in [5.41, 5.74) is 10.7. The van der Waals surface area contributed by atoms with Crippen molar-refractivity contribution in [2.45, 2.75) is 26.2 Å². The van der Waals surface area contributed by atoms with Crippen molar-refractivity contribution in [1.29, 1.82) is 0 Å². The van der Waals surface area contributed by atoms with Crippen molar-refractivity contribution in [3.63, 3.8) is 0 Å². The number of benzene rings is 1. The topological polar surface area (TPSA) is 163 Å². The molecular formula is C21H24N6O5P+. The second-order valence-electron chi connectivity index (χ2n) is 7.39. The minimum atomic E-state index is -4.61. The first-order valence-electron chi connectivity index (χ1n) is 10.1. The molecular weight excluding hydrogens is 447 g/mol. The lowest BCUT2D eigenvalue weighted by Crippen LogP contribution is -2.38. The smallest absolute Gasteiger partial charge is 0.356 e. The number of anilines is 1. The summed E-state index contributed by atoms with van der Waals surface area (Å²) in [5, 5.41) is 14.3. The SMILES string of the molecule is Nc1c(-c2cc(Cc3ccc(CNCc4ccn[nH]4)cc3)no2)ccc[n+]1COP(=O)(O)O. The van der Waals surface area contributed by atoms with Crippen LogP contribution in [0.2, 0.25) is 0 Å². The Bertz CT molecular complexity index is 1240. The molecule has 33 heavy (non-hydrogen) atoms. The Kier molecular flexibility index (Phi) is 6.97. The van der Waals surface area contributed by atoms with Crippen molar-refractivity contribution in [1.82, 2.24) is 20.7 Å². The van der Waals surface area contributed by atoms with Gasteiger partial charge in [-0.05, 0) is 29.3 Å². The van der Waals surface area contributed by atoms with Crippen molar-refractivity contribution in [3.8, 4) is 11.3 Å². The van der Waals surface area contributed by atoms with Gasteiger partial charge in [0.25, 0.3) is 5.82 Å². The lowest BCUT2D eigenvalue weighted by molar-refractivity contribution is -0.711. The molecule has 172 valence electrons. The number of nitrogens with zero attached hydrogens (tertiary/aromatic N) is 3. The highest BCUT2D eigenvalue weighted by Crippen LogP contribution is 2.35. The Morgan fingerprint density at radius 3 is 2.67 bits per heavy atom. The first-order valence-corrected chi connectivity index (χ1v) is 11.6. The molecule has 0 unspecified atom stereocenters. The van der Waals surface area contributed by atoms with E-state index in [9.17, 15) is 4.57 Å². The van der Waals surface area contributed by atoms with Gasteiger partial charge in [-0.15, -0.1) is 0 Å². The maximum absolute atomic E-state index is 11.0. The molecule has 3 aromatic heterocycles. The molecule has 11 nitrogen and oxygen atoms in total. The molecule has 0 aliphatic carbocycles. The van der Waals surface area contributed by atoms with E-state index in [2.05, 4.69) is 37.3 Å². The molecule has 12 heteroatoms. The second kappa shape index (κ2) is 10.1. The molecule has 0 aliphatic rings. The molecule has 0 fully saturated rings. The van der Waals surface area contributed by atoms with Gasteiger partial charge in [-0.3, -0.25) is 10.8 Å². The molecule has 0 radical (unpaired) electrons. The monoisotopic (exact) mass is 471 g/mol. The van der Waals surface area contributed by atoms with Gasteiger partial charge < -0.3 is 19.6 Å². The van der Waals surface area contributed by atoms with Crippen LogP contribution in [0, 0.1) is 0 Å². The highest BCUT2D eigenvalue weighted by Gasteiger charge is 2.20. The summed E-state index contributed by atoms with van der Waals surface area (Å²) in [6.45, 7) is 1.07. The standard InChI is InChI=1S/C21H23N6O5P/c22-21-19(2-1-9-27(21)14-31-33(28,29)30)20-11-18(26-32-20)10-15-3-5-16(6-4-15)12-23-13-17-7-8-24-25-17/h1-9,11,22-23H,10,12-14H2,(H3,24,25,28,29,30)/p+1. The Hall–Kier alpha value is -3.34. The number of aromatic amines is 1. The fourth-order valence-electron chi connectivity index (χ4n) is 3.25. The molecule has 0 atom stereocenters. The van der Waals surface area contributed by atoms with Gasteiger partial charge >= 0.3 is 7.82 Å². The molecule has 6 N–H and O–H groups in total. The van der Waals surface area contributed by atoms with Crippen molar-refractivity contribution in [2.75, 3.05) is 5.73 Å². The van der Waals surface area contributed by atoms with Crippen molar-refractivity contribution in [2.24, 2.45) is 0 Å². The lowest BCUT2D eigenvalue weighted by atomic mass is 10.1. The van der Waals surface area contributed by atoms with E-state index in [1.54, 1.807) is 30.6 Å². The van der Waals surface area contributed by atoms with E-state index in [4.69, 9.17) is 20.0 Å². The summed E-state index contributed by atoms with van der Waals surface area (Å²) in [6, 6.07) is 15.4. The van der Waals surface area contributed by atoms with Gasteiger partial charge in [-0.25, -0.2) is 13.7 Å². The van der Waals surface area contributed by atoms with E-state index in [0.29, 0.717) is 17.7 Å². The van der Waals surface area contributed by atoms with Crippen LogP contribution in [0.25, 0.3) is 11.3 Å². The fourth-order valence-corrected chi connectivity index (χ4v) is 3.53. The maximum Gasteiger partial charge on any atom is 0.472 e. The molecule has 1 aromatic carbocycles. The summed E-state index contributed by atoms with van der Waals surface area (Å²) in [7, 11) is -4.61. The van der Waals surface area contributed by atoms with E-state index in [-0.39, 0.29) is 5.82 Å². The van der Waals surface area contributed by atoms with Crippen LogP contribution in [0.1, 0.15) is 22.5 Å². The summed E-state index contributed by atoms with van der Waals surface area (Å²) >= 11 is 0. The van der Waals surface area contributed by atoms with Gasteiger partial charge in [0.15, 0.2) is 5.76 Å². The summed E-state index contributed by atoms with van der Waals surface area (Å²) in [5.74, 6) is 0.688. The van der Waals surface area contributed by atoms with Crippen LogP contribution in [0.4, 0.5) is 5.82 Å². The van der Waals surface area contributed by atoms with E-state index < -0.39 is 14.6 Å². The molecule has 4 rings (SSSR count). The second-order valence-corrected chi connectivity index (χ2v) is 8.63. The number of hydrogen-bond donors (Lipinski definition) is 5. The summed E-state index contributed by atoms with van der Waals surface area (Å²) < 4.78 is 22.3. The van der Waals surface area contributed by atoms with Gasteiger partial charge in [0.2, 0.25) is 6.73 Å². The third kappa shape index (κ3) is 6.35. The normalized spacial score (nSPS) is 11.7. The minimum absolute atomic E-state index is 0.237. The Balaban J connectivity index is 1.37. The Morgan fingerprint density at radius 1 is 1.15 bits per heavy atom. The van der Waals surface area contributed by atoms with Crippen LogP contribution in [-0.4, -0.2) is 25.1 Å². The number of hydrogen-bond acceptors (Lipinski definition) is 7. The number of phosphoric ester groups is 1. The molecule has 0 spiro atoms. The molecule has 0 saturated carbocycles. The van der Waals surface area contributed by atoms with E-state index in [0.717, 1.165) is 30.0 Å². The van der Waals surface area contributed by atoms with Crippen LogP contribution in [0.3, 0.4) is 0 Å². The quantitative estimate of drug-likeness (QED) is 0.172. The van der Waals surface area contributed by atoms with Crippen LogP contribution in [-0.2, 0) is 35.3 Å². The zero-order chi connectivity index (χ0) is 23.3. The van der Waals surface area contributed by atoms with Gasteiger partial charge in [-0.2, -0.15) is 5.10 Å². The average Bonchev–Trinajstić information content (AvgIpc) is 3.46. The zero-order valence-electron chi connectivity index (χ0n) is 17.6.